The molecule has 0 unspecified atom stereocenters. The maximum atomic E-state index is 10.8. The van der Waals surface area contributed by atoms with Gasteiger partial charge in [0.1, 0.15) is 22.4 Å². The highest BCUT2D eigenvalue weighted by Crippen LogP contribution is 2.26. The van der Waals surface area contributed by atoms with Gasteiger partial charge >= 0.3 is 5.97 Å². The van der Waals surface area contributed by atoms with E-state index in [-0.39, 0.29) is 0 Å². The summed E-state index contributed by atoms with van der Waals surface area (Å²) < 4.78 is 11.0. The second-order valence-corrected chi connectivity index (χ2v) is 5.40. The van der Waals surface area contributed by atoms with Crippen LogP contribution in [0.3, 0.4) is 0 Å². The van der Waals surface area contributed by atoms with Crippen LogP contribution in [0.2, 0.25) is 5.15 Å². The van der Waals surface area contributed by atoms with Gasteiger partial charge in [-0.15, -0.1) is 0 Å². The molecular formula is C17H13ClN2O4. The fraction of sp³-hybridized carbons (Fsp3) is 0.118. The zero-order valence-corrected chi connectivity index (χ0v) is 13.4. The first kappa shape index (κ1) is 16.0. The Labute approximate surface area is 142 Å². The molecule has 0 aliphatic rings. The third-order valence-electron chi connectivity index (χ3n) is 3.20. The normalized spacial score (nSPS) is 11.9. The van der Waals surface area contributed by atoms with E-state index < -0.39 is 12.1 Å². The van der Waals surface area contributed by atoms with E-state index in [1.165, 1.54) is 13.1 Å². The SMILES string of the molecule is C[C@H](Oc1ccc(Oc2ccc3ncc(Cl)nc3c2)cc1)C(=O)O. The lowest BCUT2D eigenvalue weighted by atomic mass is 10.2. The van der Waals surface area contributed by atoms with Crippen LogP contribution < -0.4 is 9.47 Å². The molecule has 3 aromatic rings. The molecule has 122 valence electrons. The molecule has 0 saturated heterocycles. The minimum Gasteiger partial charge on any atom is -0.479 e. The van der Waals surface area contributed by atoms with Crippen molar-refractivity contribution in [3.63, 3.8) is 0 Å². The summed E-state index contributed by atoms with van der Waals surface area (Å²) in [7, 11) is 0. The van der Waals surface area contributed by atoms with Gasteiger partial charge < -0.3 is 14.6 Å². The van der Waals surface area contributed by atoms with Gasteiger partial charge in [0.2, 0.25) is 0 Å². The van der Waals surface area contributed by atoms with Gasteiger partial charge in [-0.3, -0.25) is 4.98 Å². The average Bonchev–Trinajstić information content (AvgIpc) is 2.56. The molecule has 3 rings (SSSR count). The predicted octanol–water partition coefficient (Wildman–Crippen LogP) is 3.93. The topological polar surface area (TPSA) is 81.5 Å². The van der Waals surface area contributed by atoms with Crippen molar-refractivity contribution in [1.29, 1.82) is 0 Å². The summed E-state index contributed by atoms with van der Waals surface area (Å²) in [6.07, 6.45) is 0.571. The molecule has 0 aliphatic heterocycles. The van der Waals surface area contributed by atoms with Crippen LogP contribution in [0, 0.1) is 0 Å². The van der Waals surface area contributed by atoms with Crippen molar-refractivity contribution in [3.8, 4) is 17.2 Å². The van der Waals surface area contributed by atoms with Crippen molar-refractivity contribution in [1.82, 2.24) is 9.97 Å². The summed E-state index contributed by atoms with van der Waals surface area (Å²) in [6, 6.07) is 12.0. The van der Waals surface area contributed by atoms with E-state index in [9.17, 15) is 4.79 Å². The van der Waals surface area contributed by atoms with Crippen LogP contribution in [0.1, 0.15) is 6.92 Å². The summed E-state index contributed by atoms with van der Waals surface area (Å²) in [6.45, 7) is 1.47. The number of carboxylic acid groups (broad SMARTS) is 1. The number of hydrogen-bond donors (Lipinski definition) is 1. The van der Waals surface area contributed by atoms with E-state index in [0.29, 0.717) is 27.9 Å². The minimum absolute atomic E-state index is 0.314. The van der Waals surface area contributed by atoms with E-state index in [4.69, 9.17) is 26.2 Å². The van der Waals surface area contributed by atoms with E-state index >= 15 is 0 Å². The van der Waals surface area contributed by atoms with E-state index in [1.54, 1.807) is 42.5 Å². The van der Waals surface area contributed by atoms with Crippen LogP contribution in [0.4, 0.5) is 0 Å². The third kappa shape index (κ3) is 3.72. The Bertz CT molecular complexity index is 883. The van der Waals surface area contributed by atoms with E-state index in [2.05, 4.69) is 9.97 Å². The zero-order valence-electron chi connectivity index (χ0n) is 12.6. The van der Waals surface area contributed by atoms with Gasteiger partial charge in [0.05, 0.1) is 17.2 Å². The molecular weight excluding hydrogens is 332 g/mol. The molecule has 0 aliphatic carbocycles. The molecule has 0 fully saturated rings. The molecule has 1 N–H and O–H groups in total. The van der Waals surface area contributed by atoms with Gasteiger partial charge in [-0.25, -0.2) is 9.78 Å². The maximum absolute atomic E-state index is 10.8. The van der Waals surface area contributed by atoms with Gasteiger partial charge in [0.25, 0.3) is 0 Å². The van der Waals surface area contributed by atoms with Gasteiger partial charge in [0, 0.05) is 6.07 Å². The number of benzene rings is 2. The number of nitrogens with zero attached hydrogens (tertiary/aromatic N) is 2. The highest BCUT2D eigenvalue weighted by atomic mass is 35.5. The maximum Gasteiger partial charge on any atom is 0.344 e. The number of carboxylic acids is 1. The van der Waals surface area contributed by atoms with Crippen LogP contribution in [0.15, 0.2) is 48.7 Å². The highest BCUT2D eigenvalue weighted by Gasteiger charge is 2.12. The lowest BCUT2D eigenvalue weighted by Gasteiger charge is -2.11. The number of hydrogen-bond acceptors (Lipinski definition) is 5. The molecule has 0 radical (unpaired) electrons. The number of aromatic nitrogens is 2. The molecule has 0 saturated carbocycles. The molecule has 1 heterocycles. The Morgan fingerprint density at radius 1 is 1.08 bits per heavy atom. The number of ether oxygens (including phenoxy) is 2. The van der Waals surface area contributed by atoms with Crippen molar-refractivity contribution in [2.75, 3.05) is 0 Å². The van der Waals surface area contributed by atoms with Gasteiger partial charge in [-0.1, -0.05) is 11.6 Å². The molecule has 0 spiro atoms. The first-order valence-electron chi connectivity index (χ1n) is 7.11. The quantitative estimate of drug-likeness (QED) is 0.755. The number of fused-ring (bicyclic) bond motifs is 1. The largest absolute Gasteiger partial charge is 0.479 e. The second kappa shape index (κ2) is 6.72. The lowest BCUT2D eigenvalue weighted by molar-refractivity contribution is -0.144. The smallest absolute Gasteiger partial charge is 0.344 e. The number of carbonyl (C=O) groups is 1. The predicted molar refractivity (Wildman–Crippen MR) is 88.8 cm³/mol. The van der Waals surface area contributed by atoms with Crippen LogP contribution in [-0.2, 0) is 4.79 Å². The van der Waals surface area contributed by atoms with Crippen molar-refractivity contribution < 1.29 is 19.4 Å². The first-order chi connectivity index (χ1) is 11.5. The summed E-state index contributed by atoms with van der Waals surface area (Å²) >= 11 is 5.84. The molecule has 0 bridgehead atoms. The Morgan fingerprint density at radius 3 is 2.46 bits per heavy atom. The Kier molecular flexibility index (Phi) is 4.48. The third-order valence-corrected chi connectivity index (χ3v) is 3.39. The lowest BCUT2D eigenvalue weighted by Crippen LogP contribution is -2.22. The molecule has 1 atom stereocenters. The minimum atomic E-state index is -1.02. The average molecular weight is 345 g/mol. The monoisotopic (exact) mass is 344 g/mol. The zero-order chi connectivity index (χ0) is 17.1. The number of halogens is 1. The molecule has 7 heteroatoms. The number of aliphatic carboxylic acids is 1. The Hall–Kier alpha value is -2.86. The van der Waals surface area contributed by atoms with Crippen molar-refractivity contribution in [2.45, 2.75) is 13.0 Å². The summed E-state index contributed by atoms with van der Waals surface area (Å²) in [5.74, 6) is 0.603. The molecule has 24 heavy (non-hydrogen) atoms. The molecule has 6 nitrogen and oxygen atoms in total. The van der Waals surface area contributed by atoms with E-state index in [0.717, 1.165) is 5.52 Å². The first-order valence-corrected chi connectivity index (χ1v) is 7.49. The summed E-state index contributed by atoms with van der Waals surface area (Å²) in [5.41, 5.74) is 1.35. The van der Waals surface area contributed by atoms with Crippen LogP contribution in [0.25, 0.3) is 11.0 Å². The molecule has 1 aromatic heterocycles. The standard InChI is InChI=1S/C17H13ClN2O4/c1-10(17(21)22)23-11-2-4-12(5-3-11)24-13-6-7-14-15(8-13)20-16(18)9-19-14/h2-10H,1H3,(H,21,22)/t10-/m0/s1. The van der Waals surface area contributed by atoms with Gasteiger partial charge in [0.15, 0.2) is 6.10 Å². The van der Waals surface area contributed by atoms with Gasteiger partial charge in [-0.2, -0.15) is 0 Å². The highest BCUT2D eigenvalue weighted by molar-refractivity contribution is 6.29. The fourth-order valence-corrected chi connectivity index (χ4v) is 2.15. The van der Waals surface area contributed by atoms with Crippen LogP contribution in [0.5, 0.6) is 17.2 Å². The summed E-state index contributed by atoms with van der Waals surface area (Å²) in [4.78, 5) is 19.1. The van der Waals surface area contributed by atoms with Crippen LogP contribution in [-0.4, -0.2) is 27.1 Å². The Morgan fingerprint density at radius 2 is 1.75 bits per heavy atom. The van der Waals surface area contributed by atoms with Crippen molar-refractivity contribution in [2.24, 2.45) is 0 Å². The summed E-state index contributed by atoms with van der Waals surface area (Å²) in [5, 5.41) is 9.14. The fourth-order valence-electron chi connectivity index (χ4n) is 2.01. The van der Waals surface area contributed by atoms with Crippen LogP contribution >= 0.6 is 11.6 Å². The second-order valence-electron chi connectivity index (χ2n) is 5.02. The molecule has 2 aromatic carbocycles. The molecule has 0 amide bonds. The Balaban J connectivity index is 1.75. The number of rotatable bonds is 5. The van der Waals surface area contributed by atoms with E-state index in [1.807, 2.05) is 0 Å². The van der Waals surface area contributed by atoms with Crippen molar-refractivity contribution in [3.05, 3.63) is 53.8 Å². The van der Waals surface area contributed by atoms with Crippen molar-refractivity contribution >= 4 is 28.6 Å². The van der Waals surface area contributed by atoms with Gasteiger partial charge in [-0.05, 0) is 43.3 Å².